The van der Waals surface area contributed by atoms with Gasteiger partial charge in [0.1, 0.15) is 0 Å². The number of benzene rings is 1. The molecule has 0 amide bonds. The van der Waals surface area contributed by atoms with Crippen LogP contribution in [0, 0.1) is 10.7 Å². The lowest BCUT2D eigenvalue weighted by Crippen LogP contribution is -2.20. The summed E-state index contributed by atoms with van der Waals surface area (Å²) in [6.45, 7) is 0.725. The molecule has 2 aliphatic rings. The lowest BCUT2D eigenvalue weighted by Gasteiger charge is -2.25. The van der Waals surface area contributed by atoms with Crippen LogP contribution in [0.1, 0.15) is 48.1 Å². The minimum absolute atomic E-state index is 0.0467. The normalized spacial score (nSPS) is 16.2. The average Bonchev–Trinajstić information content (AvgIpc) is 3.01. The summed E-state index contributed by atoms with van der Waals surface area (Å²) in [7, 11) is 0. The van der Waals surface area contributed by atoms with Crippen LogP contribution in [0.2, 0.25) is 0 Å². The van der Waals surface area contributed by atoms with Gasteiger partial charge in [-0.1, -0.05) is 49.6 Å². The van der Waals surface area contributed by atoms with Gasteiger partial charge in [0.25, 0.3) is 5.56 Å². The third-order valence-corrected chi connectivity index (χ3v) is 5.75. The molecule has 4 rings (SSSR count). The van der Waals surface area contributed by atoms with Gasteiger partial charge >= 0.3 is 0 Å². The van der Waals surface area contributed by atoms with E-state index >= 15 is 0 Å². The molecule has 1 aromatic heterocycles. The first-order chi connectivity index (χ1) is 11.7. The molecular weight excluding hydrogens is 316 g/mol. The lowest BCUT2D eigenvalue weighted by atomic mass is 9.81. The van der Waals surface area contributed by atoms with E-state index < -0.39 is 0 Å². The first-order valence-corrected chi connectivity index (χ1v) is 9.22. The van der Waals surface area contributed by atoms with Crippen molar-refractivity contribution in [2.45, 2.75) is 45.1 Å². The summed E-state index contributed by atoms with van der Waals surface area (Å²) in [4.78, 5) is 14.9. The van der Waals surface area contributed by atoms with Crippen molar-refractivity contribution in [3.05, 3.63) is 67.9 Å². The third kappa shape index (κ3) is 2.91. The molecule has 124 valence electrons. The molecule has 4 heteroatoms. The number of aromatic nitrogens is 2. The number of nitrogens with zero attached hydrogens (tertiary/aromatic N) is 1. The topological polar surface area (TPSA) is 37.8 Å². The number of nitrogens with one attached hydrogen (secondary N) is 1. The van der Waals surface area contributed by atoms with Gasteiger partial charge < -0.3 is 4.57 Å². The molecule has 0 bridgehead atoms. The van der Waals surface area contributed by atoms with Crippen molar-refractivity contribution in [2.75, 3.05) is 0 Å². The standard InChI is InChI=1S/C20H22N2OS/c23-19-17-9-4-10-18(17)22(20(24)21-19)13-16-8-2-1-7-15(16)12-11-14-5-3-6-14/h1-2,4,7-8,10,14H,3,5-6,9,11-13H2,(H,21,23,24). The van der Waals surface area contributed by atoms with Gasteiger partial charge in [-0.05, 0) is 54.6 Å². The fraction of sp³-hybridized carbons (Fsp3) is 0.400. The minimum Gasteiger partial charge on any atom is -0.314 e. The average molecular weight is 338 g/mol. The summed E-state index contributed by atoms with van der Waals surface area (Å²) in [5.41, 5.74) is 4.47. The molecule has 0 atom stereocenters. The molecule has 1 heterocycles. The first kappa shape index (κ1) is 15.6. The largest absolute Gasteiger partial charge is 0.314 e. The number of H-pyrrole nitrogens is 1. The van der Waals surface area contributed by atoms with E-state index in [0.717, 1.165) is 30.1 Å². The Kier molecular flexibility index (Phi) is 4.23. The summed E-state index contributed by atoms with van der Waals surface area (Å²) in [5.74, 6) is 0.917. The maximum Gasteiger partial charge on any atom is 0.255 e. The highest BCUT2D eigenvalue weighted by molar-refractivity contribution is 7.71. The Bertz CT molecular complexity index is 903. The summed E-state index contributed by atoms with van der Waals surface area (Å²) >= 11 is 5.43. The Hall–Kier alpha value is -1.94. The predicted octanol–water partition coefficient (Wildman–Crippen LogP) is 4.26. The van der Waals surface area contributed by atoms with Gasteiger partial charge in [-0.2, -0.15) is 0 Å². The molecule has 1 fully saturated rings. The molecule has 0 unspecified atom stereocenters. The highest BCUT2D eigenvalue weighted by Crippen LogP contribution is 2.31. The van der Waals surface area contributed by atoms with Gasteiger partial charge in [0.15, 0.2) is 4.77 Å². The van der Waals surface area contributed by atoms with Gasteiger partial charge in [0, 0.05) is 5.56 Å². The van der Waals surface area contributed by atoms with Crippen molar-refractivity contribution in [1.29, 1.82) is 0 Å². The number of allylic oxidation sites excluding steroid dienone is 1. The Balaban J connectivity index is 1.64. The number of hydrogen-bond donors (Lipinski definition) is 1. The highest BCUT2D eigenvalue weighted by Gasteiger charge is 2.18. The van der Waals surface area contributed by atoms with Crippen LogP contribution in [0.5, 0.6) is 0 Å². The van der Waals surface area contributed by atoms with Crippen LogP contribution in [-0.2, 0) is 19.4 Å². The molecule has 1 N–H and O–H groups in total. The zero-order chi connectivity index (χ0) is 16.5. The van der Waals surface area contributed by atoms with E-state index in [1.54, 1.807) is 0 Å². The van der Waals surface area contributed by atoms with Crippen molar-refractivity contribution in [3.63, 3.8) is 0 Å². The smallest absolute Gasteiger partial charge is 0.255 e. The number of aryl methyl sites for hydroxylation is 1. The Morgan fingerprint density at radius 2 is 2.00 bits per heavy atom. The second kappa shape index (κ2) is 6.52. The summed E-state index contributed by atoms with van der Waals surface area (Å²) in [5, 5.41) is 0. The fourth-order valence-electron chi connectivity index (χ4n) is 3.73. The van der Waals surface area contributed by atoms with E-state index in [1.165, 1.54) is 36.8 Å². The van der Waals surface area contributed by atoms with Crippen LogP contribution < -0.4 is 5.56 Å². The van der Waals surface area contributed by atoms with Gasteiger partial charge in [-0.25, -0.2) is 0 Å². The van der Waals surface area contributed by atoms with Crippen LogP contribution in [0.15, 0.2) is 35.1 Å². The Morgan fingerprint density at radius 3 is 2.75 bits per heavy atom. The van der Waals surface area contributed by atoms with Crippen LogP contribution in [0.3, 0.4) is 0 Å². The van der Waals surface area contributed by atoms with E-state index in [4.69, 9.17) is 12.2 Å². The van der Waals surface area contributed by atoms with Crippen molar-refractivity contribution in [2.24, 2.45) is 5.92 Å². The maximum absolute atomic E-state index is 12.0. The molecule has 0 spiro atoms. The highest BCUT2D eigenvalue weighted by atomic mass is 32.1. The zero-order valence-corrected chi connectivity index (χ0v) is 14.6. The fourth-order valence-corrected chi connectivity index (χ4v) is 3.98. The van der Waals surface area contributed by atoms with Crippen molar-refractivity contribution >= 4 is 18.3 Å². The van der Waals surface area contributed by atoms with Gasteiger partial charge in [0.2, 0.25) is 0 Å². The molecule has 0 aliphatic heterocycles. The van der Waals surface area contributed by atoms with E-state index in [2.05, 4.69) is 33.8 Å². The monoisotopic (exact) mass is 338 g/mol. The molecule has 1 aromatic carbocycles. The van der Waals surface area contributed by atoms with Crippen LogP contribution >= 0.6 is 12.2 Å². The first-order valence-electron chi connectivity index (χ1n) is 8.81. The van der Waals surface area contributed by atoms with Gasteiger partial charge in [-0.15, -0.1) is 0 Å². The second-order valence-corrected chi connectivity index (χ2v) is 7.31. The van der Waals surface area contributed by atoms with Gasteiger partial charge in [-0.3, -0.25) is 9.78 Å². The molecule has 0 radical (unpaired) electrons. The van der Waals surface area contributed by atoms with E-state index in [-0.39, 0.29) is 5.56 Å². The number of aromatic amines is 1. The molecule has 1 saturated carbocycles. The molecule has 0 saturated heterocycles. The Labute approximate surface area is 147 Å². The number of hydrogen-bond acceptors (Lipinski definition) is 2. The van der Waals surface area contributed by atoms with Crippen LogP contribution in [0.25, 0.3) is 6.08 Å². The number of fused-ring (bicyclic) bond motifs is 1. The number of rotatable bonds is 5. The molecule has 2 aliphatic carbocycles. The van der Waals surface area contributed by atoms with E-state index in [1.807, 2.05) is 12.2 Å². The SMILES string of the molecule is O=c1[nH]c(=S)n(Cc2ccccc2CCC2CCC2)c2c1CC=C2. The Morgan fingerprint density at radius 1 is 1.21 bits per heavy atom. The quantitative estimate of drug-likeness (QED) is 0.827. The predicted molar refractivity (Wildman–Crippen MR) is 99.8 cm³/mol. The minimum atomic E-state index is -0.0467. The molecular formula is C20H22N2OS. The van der Waals surface area contributed by atoms with E-state index in [9.17, 15) is 4.79 Å². The van der Waals surface area contributed by atoms with Crippen molar-refractivity contribution < 1.29 is 0 Å². The maximum atomic E-state index is 12.0. The van der Waals surface area contributed by atoms with E-state index in [0.29, 0.717) is 11.2 Å². The summed E-state index contributed by atoms with van der Waals surface area (Å²) in [6, 6.07) is 8.64. The van der Waals surface area contributed by atoms with Crippen molar-refractivity contribution in [3.8, 4) is 0 Å². The summed E-state index contributed by atoms with van der Waals surface area (Å²) in [6.07, 6.45) is 11.4. The van der Waals surface area contributed by atoms with Crippen molar-refractivity contribution in [1.82, 2.24) is 9.55 Å². The lowest BCUT2D eigenvalue weighted by molar-refractivity contribution is 0.296. The van der Waals surface area contributed by atoms with Gasteiger partial charge in [0.05, 0.1) is 12.2 Å². The molecule has 2 aromatic rings. The molecule has 3 nitrogen and oxygen atoms in total. The van der Waals surface area contributed by atoms with Crippen LogP contribution in [0.4, 0.5) is 0 Å². The third-order valence-electron chi connectivity index (χ3n) is 5.43. The zero-order valence-electron chi connectivity index (χ0n) is 13.8. The summed E-state index contributed by atoms with van der Waals surface area (Å²) < 4.78 is 2.58. The second-order valence-electron chi connectivity index (χ2n) is 6.92. The van der Waals surface area contributed by atoms with Crippen LogP contribution in [-0.4, -0.2) is 9.55 Å². The molecule has 24 heavy (non-hydrogen) atoms.